The van der Waals surface area contributed by atoms with Gasteiger partial charge < -0.3 is 4.74 Å². The molecule has 0 heterocycles. The Bertz CT molecular complexity index is 614. The number of fused-ring (bicyclic) bond motifs is 1. The monoisotopic (exact) mass is 364 g/mol. The van der Waals surface area contributed by atoms with Gasteiger partial charge in [-0.3, -0.25) is 0 Å². The molecule has 0 amide bonds. The van der Waals surface area contributed by atoms with E-state index < -0.39 is 0 Å². The summed E-state index contributed by atoms with van der Waals surface area (Å²) in [6, 6.07) is 16.6. The first-order chi connectivity index (χ1) is 10.3. The molecule has 0 saturated heterocycles. The quantitative estimate of drug-likeness (QED) is 0.616. The van der Waals surface area contributed by atoms with Crippen LogP contribution < -0.4 is 0 Å². The molecule has 3 heteroatoms. The van der Waals surface area contributed by atoms with Gasteiger partial charge in [-0.15, -0.1) is 0 Å². The minimum absolute atomic E-state index is 0.0276. The minimum Gasteiger partial charge on any atom is -0.365 e. The average Bonchev–Trinajstić information content (AvgIpc) is 2.52. The Morgan fingerprint density at radius 2 is 2.05 bits per heavy atom. The third-order valence-electron chi connectivity index (χ3n) is 4.00. The first-order valence-corrected chi connectivity index (χ1v) is 8.82. The van der Waals surface area contributed by atoms with Crippen molar-refractivity contribution in [1.82, 2.24) is 0 Å². The third-order valence-corrected chi connectivity index (χ3v) is 4.83. The van der Waals surface area contributed by atoms with E-state index in [-0.39, 0.29) is 12.2 Å². The number of halogens is 2. The van der Waals surface area contributed by atoms with E-state index in [0.29, 0.717) is 0 Å². The maximum atomic E-state index is 6.40. The molecular weight excluding hydrogens is 348 g/mol. The molecule has 1 aliphatic carbocycles. The lowest BCUT2D eigenvalue weighted by molar-refractivity contribution is -0.0110. The van der Waals surface area contributed by atoms with Crippen LogP contribution in [0.5, 0.6) is 0 Å². The zero-order chi connectivity index (χ0) is 14.7. The fourth-order valence-electron chi connectivity index (χ4n) is 2.96. The lowest BCUT2D eigenvalue weighted by atomic mass is 9.89. The Morgan fingerprint density at radius 3 is 2.86 bits per heavy atom. The molecule has 2 unspecified atom stereocenters. The molecule has 21 heavy (non-hydrogen) atoms. The van der Waals surface area contributed by atoms with Crippen LogP contribution in [0, 0.1) is 0 Å². The molecule has 2 aromatic rings. The van der Waals surface area contributed by atoms with Crippen LogP contribution in [-0.4, -0.2) is 5.33 Å². The van der Waals surface area contributed by atoms with Crippen LogP contribution in [0.4, 0.5) is 0 Å². The maximum absolute atomic E-state index is 6.40. The zero-order valence-corrected chi connectivity index (χ0v) is 14.1. The number of benzene rings is 2. The highest BCUT2D eigenvalue weighted by Gasteiger charge is 2.24. The summed E-state index contributed by atoms with van der Waals surface area (Å²) in [6.45, 7) is 0. The van der Waals surface area contributed by atoms with Crippen molar-refractivity contribution in [3.8, 4) is 0 Å². The summed E-state index contributed by atoms with van der Waals surface area (Å²) in [5.74, 6) is 0. The molecule has 0 spiro atoms. The average molecular weight is 366 g/mol. The SMILES string of the molecule is Clc1cccc(C(CBr)OC2CCCc3ccccc32)c1. The lowest BCUT2D eigenvalue weighted by Crippen LogP contribution is -2.16. The van der Waals surface area contributed by atoms with Gasteiger partial charge in [0.25, 0.3) is 0 Å². The van der Waals surface area contributed by atoms with E-state index in [1.807, 2.05) is 18.2 Å². The second-order valence-corrected chi connectivity index (χ2v) is 6.50. The second-order valence-electron chi connectivity index (χ2n) is 5.41. The molecule has 0 aliphatic heterocycles. The summed E-state index contributed by atoms with van der Waals surface area (Å²) in [5, 5.41) is 1.53. The van der Waals surface area contributed by atoms with Crippen molar-refractivity contribution in [2.75, 3.05) is 5.33 Å². The molecule has 1 nitrogen and oxygen atoms in total. The summed E-state index contributed by atoms with van der Waals surface area (Å²) in [5.41, 5.74) is 3.90. The van der Waals surface area contributed by atoms with Gasteiger partial charge in [0.1, 0.15) is 0 Å². The van der Waals surface area contributed by atoms with Crippen LogP contribution in [0.25, 0.3) is 0 Å². The van der Waals surface area contributed by atoms with Crippen LogP contribution in [-0.2, 0) is 11.2 Å². The van der Waals surface area contributed by atoms with E-state index in [2.05, 4.69) is 46.3 Å². The number of aryl methyl sites for hydroxylation is 1. The van der Waals surface area contributed by atoms with Crippen LogP contribution >= 0.6 is 27.5 Å². The van der Waals surface area contributed by atoms with Gasteiger partial charge in [0.15, 0.2) is 0 Å². The van der Waals surface area contributed by atoms with E-state index in [0.717, 1.165) is 28.8 Å². The van der Waals surface area contributed by atoms with Crippen molar-refractivity contribution < 1.29 is 4.74 Å². The van der Waals surface area contributed by atoms with Gasteiger partial charge in [0.2, 0.25) is 0 Å². The number of rotatable bonds is 4. The molecule has 0 aromatic heterocycles. The van der Waals surface area contributed by atoms with Crippen molar-refractivity contribution in [3.63, 3.8) is 0 Å². The van der Waals surface area contributed by atoms with Gasteiger partial charge in [0, 0.05) is 10.4 Å². The Kier molecular flexibility index (Phi) is 4.99. The third kappa shape index (κ3) is 3.50. The second kappa shape index (κ2) is 6.95. The van der Waals surface area contributed by atoms with Gasteiger partial charge >= 0.3 is 0 Å². The molecule has 0 saturated carbocycles. The molecule has 0 radical (unpaired) electrons. The number of hydrogen-bond donors (Lipinski definition) is 0. The lowest BCUT2D eigenvalue weighted by Gasteiger charge is -2.29. The van der Waals surface area contributed by atoms with Gasteiger partial charge in [-0.2, -0.15) is 0 Å². The van der Waals surface area contributed by atoms with E-state index in [4.69, 9.17) is 16.3 Å². The predicted octanol–water partition coefficient (Wildman–Crippen LogP) is 5.87. The van der Waals surface area contributed by atoms with Crippen molar-refractivity contribution in [3.05, 3.63) is 70.2 Å². The molecule has 0 bridgehead atoms. The van der Waals surface area contributed by atoms with Crippen LogP contribution in [0.2, 0.25) is 5.02 Å². The van der Waals surface area contributed by atoms with Crippen LogP contribution in [0.3, 0.4) is 0 Å². The number of ether oxygens (including phenoxy) is 1. The first kappa shape index (κ1) is 15.1. The Morgan fingerprint density at radius 1 is 1.19 bits per heavy atom. The molecule has 0 fully saturated rings. The number of alkyl halides is 1. The van der Waals surface area contributed by atoms with Crippen LogP contribution in [0.1, 0.15) is 41.7 Å². The molecule has 1 aliphatic rings. The molecule has 0 N–H and O–H groups in total. The van der Waals surface area contributed by atoms with Gasteiger partial charge in [-0.25, -0.2) is 0 Å². The summed E-state index contributed by atoms with van der Waals surface area (Å²) >= 11 is 9.67. The van der Waals surface area contributed by atoms with Gasteiger partial charge in [-0.05, 0) is 48.1 Å². The highest BCUT2D eigenvalue weighted by atomic mass is 79.9. The van der Waals surface area contributed by atoms with Crippen molar-refractivity contribution in [2.24, 2.45) is 0 Å². The topological polar surface area (TPSA) is 9.23 Å². The minimum atomic E-state index is 0.0276. The first-order valence-electron chi connectivity index (χ1n) is 7.32. The van der Waals surface area contributed by atoms with E-state index in [1.54, 1.807) is 0 Å². The molecule has 3 rings (SSSR count). The molecule has 2 atom stereocenters. The smallest absolute Gasteiger partial charge is 0.0930 e. The van der Waals surface area contributed by atoms with E-state index in [9.17, 15) is 0 Å². The largest absolute Gasteiger partial charge is 0.365 e. The maximum Gasteiger partial charge on any atom is 0.0930 e. The Labute approximate surface area is 139 Å². The summed E-state index contributed by atoms with van der Waals surface area (Å²) in [7, 11) is 0. The van der Waals surface area contributed by atoms with Crippen molar-refractivity contribution in [1.29, 1.82) is 0 Å². The standard InChI is InChI=1S/C18H18BrClO/c19-12-18(14-7-3-8-15(20)11-14)21-17-10-4-6-13-5-1-2-9-16(13)17/h1-3,5,7-9,11,17-18H,4,6,10,12H2. The summed E-state index contributed by atoms with van der Waals surface area (Å²) in [6.07, 6.45) is 3.63. The highest BCUT2D eigenvalue weighted by Crippen LogP contribution is 2.37. The normalized spacial score (nSPS) is 19.0. The predicted molar refractivity (Wildman–Crippen MR) is 91.2 cm³/mol. The highest BCUT2D eigenvalue weighted by molar-refractivity contribution is 9.09. The number of hydrogen-bond acceptors (Lipinski definition) is 1. The van der Waals surface area contributed by atoms with Crippen LogP contribution in [0.15, 0.2) is 48.5 Å². The summed E-state index contributed by atoms with van der Waals surface area (Å²) in [4.78, 5) is 0. The van der Waals surface area contributed by atoms with Gasteiger partial charge in [0.05, 0.1) is 12.2 Å². The summed E-state index contributed by atoms with van der Waals surface area (Å²) < 4.78 is 6.40. The Hall–Kier alpha value is -0.830. The fraction of sp³-hybridized carbons (Fsp3) is 0.333. The fourth-order valence-corrected chi connectivity index (χ4v) is 3.69. The zero-order valence-electron chi connectivity index (χ0n) is 11.8. The van der Waals surface area contributed by atoms with E-state index >= 15 is 0 Å². The van der Waals surface area contributed by atoms with Crippen molar-refractivity contribution in [2.45, 2.75) is 31.5 Å². The Balaban J connectivity index is 1.82. The van der Waals surface area contributed by atoms with Crippen molar-refractivity contribution >= 4 is 27.5 Å². The molecule has 2 aromatic carbocycles. The molecule has 110 valence electrons. The van der Waals surface area contributed by atoms with Gasteiger partial charge in [-0.1, -0.05) is 63.9 Å². The molecular formula is C18H18BrClO. The van der Waals surface area contributed by atoms with E-state index in [1.165, 1.54) is 17.5 Å².